The topological polar surface area (TPSA) is 144 Å². The van der Waals surface area contributed by atoms with E-state index in [0.29, 0.717) is 71.9 Å². The first-order chi connectivity index (χ1) is 24.2. The van der Waals surface area contributed by atoms with Gasteiger partial charge >= 0.3 is 0 Å². The molecular weight excluding hydrogens is 677 g/mol. The number of ether oxygens (including phenoxy) is 1. The van der Waals surface area contributed by atoms with E-state index in [0.717, 1.165) is 39.8 Å². The number of nitrogens with one attached hydrogen (secondary N) is 2. The first-order valence-electron chi connectivity index (χ1n) is 16.4. The molecule has 2 amide bonds. The fourth-order valence-corrected chi connectivity index (χ4v) is 7.26. The maximum absolute atomic E-state index is 13.3. The highest BCUT2D eigenvalue weighted by Gasteiger charge is 2.33. The number of hydrogen-bond acceptors (Lipinski definition) is 8. The van der Waals surface area contributed by atoms with Gasteiger partial charge in [0, 0.05) is 78.9 Å². The van der Waals surface area contributed by atoms with Crippen LogP contribution in [0.5, 0.6) is 5.88 Å². The number of nitrogens with two attached hydrogens (primary N) is 1. The zero-order chi connectivity index (χ0) is 34.9. The number of fused-ring (bicyclic) bond motifs is 1. The van der Waals surface area contributed by atoms with Crippen LogP contribution < -0.4 is 26.7 Å². The fourth-order valence-electron chi connectivity index (χ4n) is 6.60. The van der Waals surface area contributed by atoms with Gasteiger partial charge in [0.25, 0.3) is 5.56 Å². The molecule has 2 fully saturated rings. The van der Waals surface area contributed by atoms with E-state index in [4.69, 9.17) is 38.7 Å². The second-order valence-corrected chi connectivity index (χ2v) is 13.3. The normalized spacial score (nSPS) is 17.5. The Morgan fingerprint density at radius 2 is 1.74 bits per heavy atom. The van der Waals surface area contributed by atoms with E-state index in [1.807, 2.05) is 65.6 Å². The minimum absolute atomic E-state index is 0.0896. The highest BCUT2D eigenvalue weighted by Crippen LogP contribution is 2.42. The number of carbonyl (C=O) groups excluding carboxylic acids is 2. The van der Waals surface area contributed by atoms with Gasteiger partial charge in [-0.05, 0) is 36.6 Å². The Labute approximate surface area is 298 Å². The van der Waals surface area contributed by atoms with Crippen LogP contribution >= 0.6 is 23.2 Å². The molecule has 50 heavy (non-hydrogen) atoms. The van der Waals surface area contributed by atoms with E-state index >= 15 is 0 Å². The molecule has 4 N–H and O–H groups in total. The van der Waals surface area contributed by atoms with Crippen LogP contribution in [0, 0.1) is 0 Å². The number of amides is 2. The average Bonchev–Trinajstić information content (AvgIpc) is 3.52. The third-order valence-electron chi connectivity index (χ3n) is 9.41. The lowest BCUT2D eigenvalue weighted by atomic mass is 9.97. The van der Waals surface area contributed by atoms with Crippen molar-refractivity contribution in [2.24, 2.45) is 5.73 Å². The van der Waals surface area contributed by atoms with Gasteiger partial charge in [-0.15, -0.1) is 0 Å². The van der Waals surface area contributed by atoms with Gasteiger partial charge in [0.05, 0.1) is 34.5 Å². The largest absolute Gasteiger partial charge is 0.481 e. The van der Waals surface area contributed by atoms with Gasteiger partial charge in [0.15, 0.2) is 0 Å². The quantitative estimate of drug-likeness (QED) is 0.177. The number of aromatic nitrogens is 3. The summed E-state index contributed by atoms with van der Waals surface area (Å²) in [5, 5.41) is 7.33. The molecule has 3 aromatic heterocycles. The number of halogens is 2. The number of nitrogens with zero attached hydrogens (tertiary/aromatic N) is 4. The summed E-state index contributed by atoms with van der Waals surface area (Å²) in [6, 6.07) is 18.8. The number of hydrogen-bond donors (Lipinski definition) is 3. The van der Waals surface area contributed by atoms with Crippen LogP contribution in [0.25, 0.3) is 39.2 Å². The molecule has 2 aliphatic rings. The number of primary amides is 1. The molecule has 7 rings (SSSR count). The predicted molar refractivity (Wildman–Crippen MR) is 193 cm³/mol. The van der Waals surface area contributed by atoms with Crippen molar-refractivity contribution in [2.75, 3.05) is 20.2 Å². The highest BCUT2D eigenvalue weighted by molar-refractivity contribution is 6.39. The Kier molecular flexibility index (Phi) is 9.56. The average molecular weight is 713 g/mol. The number of likely N-dealkylation sites (tertiary alicyclic amines) is 1. The predicted octanol–water partition coefficient (Wildman–Crippen LogP) is 4.83. The van der Waals surface area contributed by atoms with Gasteiger partial charge in [-0.2, -0.15) is 0 Å². The van der Waals surface area contributed by atoms with Gasteiger partial charge in [0.2, 0.25) is 17.7 Å². The van der Waals surface area contributed by atoms with Crippen molar-refractivity contribution in [1.82, 2.24) is 29.9 Å². The summed E-state index contributed by atoms with van der Waals surface area (Å²) in [6.07, 6.45) is 5.33. The van der Waals surface area contributed by atoms with Gasteiger partial charge in [-0.25, -0.2) is 9.97 Å². The Hall–Kier alpha value is -4.81. The van der Waals surface area contributed by atoms with Gasteiger partial charge in [-0.3, -0.25) is 23.7 Å². The molecule has 5 heterocycles. The molecule has 0 spiro atoms. The molecule has 5 aromatic rings. The lowest BCUT2D eigenvalue weighted by molar-refractivity contribution is -0.127. The third kappa shape index (κ3) is 6.57. The van der Waals surface area contributed by atoms with Crippen molar-refractivity contribution in [3.63, 3.8) is 0 Å². The zero-order valence-corrected chi connectivity index (χ0v) is 28.8. The molecule has 0 radical (unpaired) electrons. The molecule has 1 unspecified atom stereocenters. The van der Waals surface area contributed by atoms with E-state index < -0.39 is 0 Å². The van der Waals surface area contributed by atoms with Crippen molar-refractivity contribution in [1.29, 1.82) is 0 Å². The van der Waals surface area contributed by atoms with Gasteiger partial charge < -0.3 is 21.1 Å². The molecule has 0 bridgehead atoms. The number of carbonyl (C=O) groups is 2. The molecule has 2 saturated heterocycles. The lowest BCUT2D eigenvalue weighted by Crippen LogP contribution is -2.54. The number of pyridine rings is 2. The molecule has 0 saturated carbocycles. The standard InChI is InChI=1S/C37H35Cl2N7O4/c1-50-36-22(17-41-19-24-9-11-32(47)43-24)8-10-29(44-36)28-7-3-6-27(34(28)39)26-5-2-4-25(33(26)38)21-12-15-46-31(16-21)42-18-23(37(46)49)20-45-14-13-30(45)35(40)48/h2-8,10,12,15-16,18,24,30,41H,9,11,13-14,17,19-20H2,1H3,(H2,40,48)(H,43,47)/t24-,30?/m0/s1. The Morgan fingerprint density at radius 3 is 2.42 bits per heavy atom. The molecule has 0 aliphatic carbocycles. The third-order valence-corrected chi connectivity index (χ3v) is 10.2. The molecule has 256 valence electrons. The molecule has 13 heteroatoms. The smallest absolute Gasteiger partial charge is 0.262 e. The summed E-state index contributed by atoms with van der Waals surface area (Å²) in [5.74, 6) is 0.190. The maximum atomic E-state index is 13.3. The molecular formula is C37H35Cl2N7O4. The summed E-state index contributed by atoms with van der Waals surface area (Å²) >= 11 is 14.2. The van der Waals surface area contributed by atoms with E-state index in [1.165, 1.54) is 4.40 Å². The van der Waals surface area contributed by atoms with Crippen LogP contribution in [0.3, 0.4) is 0 Å². The molecule has 2 atom stereocenters. The van der Waals surface area contributed by atoms with Gasteiger partial charge in [0.1, 0.15) is 5.65 Å². The van der Waals surface area contributed by atoms with Crippen LogP contribution in [-0.2, 0) is 22.7 Å². The minimum Gasteiger partial charge on any atom is -0.481 e. The number of rotatable bonds is 11. The fraction of sp³-hybridized carbons (Fsp3) is 0.270. The van der Waals surface area contributed by atoms with Crippen LogP contribution in [0.4, 0.5) is 0 Å². The summed E-state index contributed by atoms with van der Waals surface area (Å²) in [5.41, 5.74) is 11.5. The Bertz CT molecular complexity index is 2190. The summed E-state index contributed by atoms with van der Waals surface area (Å²) in [7, 11) is 1.59. The Balaban J connectivity index is 1.14. The zero-order valence-electron chi connectivity index (χ0n) is 27.3. The Morgan fingerprint density at radius 1 is 1.00 bits per heavy atom. The molecule has 2 aliphatic heterocycles. The van der Waals surface area contributed by atoms with Crippen molar-refractivity contribution in [2.45, 2.75) is 44.4 Å². The van der Waals surface area contributed by atoms with E-state index in [2.05, 4.69) is 15.6 Å². The number of benzene rings is 2. The van der Waals surface area contributed by atoms with E-state index in [-0.39, 0.29) is 29.5 Å². The summed E-state index contributed by atoms with van der Waals surface area (Å²) in [6.45, 7) is 2.21. The van der Waals surface area contributed by atoms with Crippen molar-refractivity contribution < 1.29 is 14.3 Å². The maximum Gasteiger partial charge on any atom is 0.262 e. The number of methoxy groups -OCH3 is 1. The first kappa shape index (κ1) is 33.7. The van der Waals surface area contributed by atoms with Crippen molar-refractivity contribution in [3.05, 3.63) is 105 Å². The van der Waals surface area contributed by atoms with Crippen molar-refractivity contribution >= 4 is 40.7 Å². The van der Waals surface area contributed by atoms with Crippen LogP contribution in [-0.4, -0.2) is 63.4 Å². The summed E-state index contributed by atoms with van der Waals surface area (Å²) < 4.78 is 7.13. The SMILES string of the molecule is COc1nc(-c2cccc(-c3cccc(-c4ccn5c(=O)c(CN6CCC6C(N)=O)cnc5c4)c3Cl)c2Cl)ccc1CNC[C@@H]1CCC(=O)N1. The lowest BCUT2D eigenvalue weighted by Gasteiger charge is -2.38. The van der Waals surface area contributed by atoms with Crippen molar-refractivity contribution in [3.8, 4) is 39.4 Å². The van der Waals surface area contributed by atoms with Crippen LogP contribution in [0.15, 0.2) is 77.9 Å². The van der Waals surface area contributed by atoms with Crippen LogP contribution in [0.2, 0.25) is 10.0 Å². The van der Waals surface area contributed by atoms with E-state index in [1.54, 1.807) is 19.5 Å². The second kappa shape index (κ2) is 14.2. The second-order valence-electron chi connectivity index (χ2n) is 12.5. The monoisotopic (exact) mass is 711 g/mol. The minimum atomic E-state index is -0.384. The highest BCUT2D eigenvalue weighted by atomic mass is 35.5. The molecule has 2 aromatic carbocycles. The van der Waals surface area contributed by atoms with Gasteiger partial charge in [-0.1, -0.05) is 65.7 Å². The van der Waals surface area contributed by atoms with E-state index in [9.17, 15) is 14.4 Å². The molecule has 11 nitrogen and oxygen atoms in total. The van der Waals surface area contributed by atoms with Crippen LogP contribution in [0.1, 0.15) is 30.4 Å². The summed E-state index contributed by atoms with van der Waals surface area (Å²) in [4.78, 5) is 47.7. The first-order valence-corrected chi connectivity index (χ1v) is 17.1.